The van der Waals surface area contributed by atoms with Crippen LogP contribution in [0.1, 0.15) is 16.6 Å². The van der Waals surface area contributed by atoms with Crippen LogP contribution in [0.3, 0.4) is 0 Å². The summed E-state index contributed by atoms with van der Waals surface area (Å²) in [7, 11) is 0. The number of nitrogens with zero attached hydrogens (tertiary/aromatic N) is 1. The smallest absolute Gasteiger partial charge is 0.294 e. The van der Waals surface area contributed by atoms with Gasteiger partial charge in [-0.25, -0.2) is 8.78 Å². The third kappa shape index (κ3) is 3.02. The van der Waals surface area contributed by atoms with Gasteiger partial charge < -0.3 is 0 Å². The SMILES string of the molecule is CC(=O)c1cc([N+](=O)[O-])c(Sc2cc(F)ccc2F)s1. The fourth-order valence-electron chi connectivity index (χ4n) is 1.39. The summed E-state index contributed by atoms with van der Waals surface area (Å²) in [5, 5.41) is 10.9. The number of thiophene rings is 1. The number of hydrogen-bond acceptors (Lipinski definition) is 5. The Balaban J connectivity index is 2.44. The molecule has 0 aliphatic carbocycles. The van der Waals surface area contributed by atoms with Crippen LogP contribution in [0.25, 0.3) is 0 Å². The van der Waals surface area contributed by atoms with E-state index >= 15 is 0 Å². The number of hydrogen-bond donors (Lipinski definition) is 0. The maximum atomic E-state index is 13.5. The number of rotatable bonds is 4. The number of benzene rings is 1. The number of carbonyl (C=O) groups excluding carboxylic acids is 1. The third-order valence-electron chi connectivity index (χ3n) is 2.32. The van der Waals surface area contributed by atoms with E-state index in [1.54, 1.807) is 0 Å². The topological polar surface area (TPSA) is 60.2 Å². The van der Waals surface area contributed by atoms with E-state index in [-0.39, 0.29) is 25.5 Å². The minimum Gasteiger partial charge on any atom is -0.294 e. The maximum absolute atomic E-state index is 13.5. The number of nitro groups is 1. The molecule has 0 radical (unpaired) electrons. The van der Waals surface area contributed by atoms with Crippen LogP contribution in [-0.2, 0) is 0 Å². The molecule has 1 aromatic heterocycles. The first kappa shape index (κ1) is 14.6. The average molecular weight is 315 g/mol. The van der Waals surface area contributed by atoms with E-state index in [4.69, 9.17) is 0 Å². The van der Waals surface area contributed by atoms with Crippen molar-refractivity contribution in [2.75, 3.05) is 0 Å². The molecule has 2 rings (SSSR count). The lowest BCUT2D eigenvalue weighted by Gasteiger charge is -2.00. The molecule has 1 heterocycles. The predicted molar refractivity (Wildman–Crippen MR) is 71.5 cm³/mol. The zero-order chi connectivity index (χ0) is 14.9. The molecule has 8 heteroatoms. The van der Waals surface area contributed by atoms with Crippen LogP contribution in [0, 0.1) is 21.7 Å². The van der Waals surface area contributed by atoms with E-state index in [1.807, 2.05) is 0 Å². The molecule has 1 aromatic carbocycles. The molecule has 0 bridgehead atoms. The van der Waals surface area contributed by atoms with Gasteiger partial charge in [-0.05, 0) is 25.1 Å². The summed E-state index contributed by atoms with van der Waals surface area (Å²) in [6.45, 7) is 1.28. The maximum Gasteiger partial charge on any atom is 0.294 e. The molecule has 0 saturated heterocycles. The quantitative estimate of drug-likeness (QED) is 0.480. The summed E-state index contributed by atoms with van der Waals surface area (Å²) in [6, 6.07) is 4.01. The Kier molecular flexibility index (Phi) is 4.15. The molecule has 0 saturated carbocycles. The monoisotopic (exact) mass is 315 g/mol. The Bertz CT molecular complexity index is 700. The van der Waals surface area contributed by atoms with Gasteiger partial charge in [0.05, 0.1) is 14.7 Å². The predicted octanol–water partition coefficient (Wildman–Crippen LogP) is 4.29. The molecule has 0 fully saturated rings. The first-order chi connectivity index (χ1) is 9.38. The molecular weight excluding hydrogens is 308 g/mol. The molecule has 20 heavy (non-hydrogen) atoms. The second-order valence-corrected chi connectivity index (χ2v) is 6.14. The lowest BCUT2D eigenvalue weighted by Crippen LogP contribution is -1.88. The lowest BCUT2D eigenvalue weighted by atomic mass is 10.3. The highest BCUT2D eigenvalue weighted by atomic mass is 32.2. The number of Topliss-reactive ketones (excluding diaryl/α,β-unsaturated/α-hetero) is 1. The molecule has 0 aliphatic rings. The molecule has 4 nitrogen and oxygen atoms in total. The van der Waals surface area contributed by atoms with Gasteiger partial charge in [0, 0.05) is 6.07 Å². The number of halogens is 2. The largest absolute Gasteiger partial charge is 0.294 e. The Morgan fingerprint density at radius 1 is 1.35 bits per heavy atom. The van der Waals surface area contributed by atoms with Crippen LogP contribution in [0.15, 0.2) is 33.4 Å². The minimum absolute atomic E-state index is 0.0648. The zero-order valence-corrected chi connectivity index (χ0v) is 11.7. The number of carbonyl (C=O) groups is 1. The molecule has 0 spiro atoms. The molecule has 2 aromatic rings. The van der Waals surface area contributed by atoms with E-state index in [9.17, 15) is 23.7 Å². The summed E-state index contributed by atoms with van der Waals surface area (Å²) in [4.78, 5) is 21.7. The fourth-order valence-corrected chi connectivity index (χ4v) is 3.63. The molecule has 0 unspecified atom stereocenters. The lowest BCUT2D eigenvalue weighted by molar-refractivity contribution is -0.387. The normalized spacial score (nSPS) is 10.6. The van der Waals surface area contributed by atoms with Gasteiger partial charge in [0.2, 0.25) is 0 Å². The Hall–Kier alpha value is -1.80. The Morgan fingerprint density at radius 3 is 2.65 bits per heavy atom. The van der Waals surface area contributed by atoms with Crippen molar-refractivity contribution in [3.8, 4) is 0 Å². The fraction of sp³-hybridized carbons (Fsp3) is 0.0833. The van der Waals surface area contributed by atoms with Gasteiger partial charge in [0.1, 0.15) is 15.8 Å². The summed E-state index contributed by atoms with van der Waals surface area (Å²) < 4.78 is 26.8. The van der Waals surface area contributed by atoms with Crippen LogP contribution < -0.4 is 0 Å². The van der Waals surface area contributed by atoms with Gasteiger partial charge in [0.25, 0.3) is 5.69 Å². The number of ketones is 1. The van der Waals surface area contributed by atoms with Crippen molar-refractivity contribution in [2.24, 2.45) is 0 Å². The molecule has 0 amide bonds. The van der Waals surface area contributed by atoms with Crippen molar-refractivity contribution in [3.05, 3.63) is 50.9 Å². The van der Waals surface area contributed by atoms with Gasteiger partial charge in [0.15, 0.2) is 5.78 Å². The standard InChI is InChI=1S/C12H7F2NO3S2/c1-6(16)10-5-9(15(17)18)12(19-10)20-11-4-7(13)2-3-8(11)14/h2-5H,1H3. The summed E-state index contributed by atoms with van der Waals surface area (Å²) >= 11 is 1.62. The van der Waals surface area contributed by atoms with Crippen molar-refractivity contribution in [1.29, 1.82) is 0 Å². The van der Waals surface area contributed by atoms with Crippen molar-refractivity contribution in [2.45, 2.75) is 16.0 Å². The molecule has 0 aliphatic heterocycles. The van der Waals surface area contributed by atoms with Gasteiger partial charge in [-0.15, -0.1) is 11.3 Å². The van der Waals surface area contributed by atoms with Crippen molar-refractivity contribution >= 4 is 34.6 Å². The average Bonchev–Trinajstić information content (AvgIpc) is 2.78. The summed E-state index contributed by atoms with van der Waals surface area (Å²) in [6.07, 6.45) is 0. The van der Waals surface area contributed by atoms with E-state index in [1.165, 1.54) is 6.92 Å². The second kappa shape index (κ2) is 5.68. The van der Waals surface area contributed by atoms with E-state index in [0.29, 0.717) is 0 Å². The van der Waals surface area contributed by atoms with Crippen LogP contribution in [0.4, 0.5) is 14.5 Å². The Morgan fingerprint density at radius 2 is 2.05 bits per heavy atom. The van der Waals surface area contributed by atoms with Gasteiger partial charge in [-0.3, -0.25) is 14.9 Å². The van der Waals surface area contributed by atoms with Crippen LogP contribution in [-0.4, -0.2) is 10.7 Å². The third-order valence-corrected chi connectivity index (χ3v) is 4.77. The highest BCUT2D eigenvalue weighted by Crippen LogP contribution is 2.42. The van der Waals surface area contributed by atoms with Crippen molar-refractivity contribution in [3.63, 3.8) is 0 Å². The first-order valence-corrected chi connectivity index (χ1v) is 6.94. The molecule has 0 atom stereocenters. The van der Waals surface area contributed by atoms with Crippen molar-refractivity contribution in [1.82, 2.24) is 0 Å². The van der Waals surface area contributed by atoms with Crippen LogP contribution in [0.5, 0.6) is 0 Å². The zero-order valence-electron chi connectivity index (χ0n) is 10.1. The first-order valence-electron chi connectivity index (χ1n) is 5.30. The van der Waals surface area contributed by atoms with E-state index < -0.39 is 16.6 Å². The summed E-state index contributed by atoms with van der Waals surface area (Å²) in [5.41, 5.74) is -0.283. The van der Waals surface area contributed by atoms with Gasteiger partial charge >= 0.3 is 0 Å². The molecule has 104 valence electrons. The highest BCUT2D eigenvalue weighted by Gasteiger charge is 2.22. The highest BCUT2D eigenvalue weighted by molar-refractivity contribution is 8.01. The molecule has 0 N–H and O–H groups in total. The Labute approximate surface area is 120 Å². The molecular formula is C12H7F2NO3S2. The van der Waals surface area contributed by atoms with Crippen LogP contribution >= 0.6 is 23.1 Å². The van der Waals surface area contributed by atoms with Gasteiger partial charge in [-0.1, -0.05) is 11.8 Å². The van der Waals surface area contributed by atoms with Crippen LogP contribution in [0.2, 0.25) is 0 Å². The van der Waals surface area contributed by atoms with Gasteiger partial charge in [-0.2, -0.15) is 0 Å². The van der Waals surface area contributed by atoms with E-state index in [2.05, 4.69) is 0 Å². The van der Waals surface area contributed by atoms with Crippen molar-refractivity contribution < 1.29 is 18.5 Å². The minimum atomic E-state index is -0.677. The second-order valence-electron chi connectivity index (χ2n) is 3.77. The van der Waals surface area contributed by atoms with E-state index in [0.717, 1.165) is 47.4 Å². The summed E-state index contributed by atoms with van der Waals surface area (Å²) in [5.74, 6) is -1.63.